The van der Waals surface area contributed by atoms with Gasteiger partial charge >= 0.3 is 6.09 Å². The molecule has 1 rings (SSSR count). The lowest BCUT2D eigenvalue weighted by Gasteiger charge is -2.08. The smallest absolute Gasteiger partial charge is 0.413 e. The normalized spacial score (nSPS) is 10.1. The molecule has 7 nitrogen and oxygen atoms in total. The Hall–Kier alpha value is -2.05. The van der Waals surface area contributed by atoms with E-state index < -0.39 is 6.09 Å². The zero-order valence-electron chi connectivity index (χ0n) is 8.50. The van der Waals surface area contributed by atoms with Gasteiger partial charge in [-0.15, -0.1) is 0 Å². The van der Waals surface area contributed by atoms with Gasteiger partial charge in [0.15, 0.2) is 0 Å². The van der Waals surface area contributed by atoms with Gasteiger partial charge < -0.3 is 10.5 Å². The van der Waals surface area contributed by atoms with Crippen LogP contribution < -0.4 is 11.1 Å². The molecular weight excluding hydrogens is 198 g/mol. The van der Waals surface area contributed by atoms with Crippen LogP contribution in [-0.2, 0) is 4.74 Å². The third-order valence-corrected chi connectivity index (χ3v) is 1.50. The third kappa shape index (κ3) is 2.97. The Labute approximate surface area is 86.5 Å². The number of carbonyl (C=O) groups is 1. The summed E-state index contributed by atoms with van der Waals surface area (Å²) in [6.45, 7) is 3.47. The Bertz CT molecular complexity index is 371. The van der Waals surface area contributed by atoms with E-state index in [9.17, 15) is 4.79 Å². The summed E-state index contributed by atoms with van der Waals surface area (Å²) in [5.74, 6) is 0.0803. The Kier molecular flexibility index (Phi) is 3.27. The first-order valence-corrected chi connectivity index (χ1v) is 4.36. The number of ether oxygens (including phenoxy) is 1. The van der Waals surface area contributed by atoms with Crippen molar-refractivity contribution >= 4 is 17.7 Å². The number of hydrogen-bond acceptors (Lipinski definition) is 4. The van der Waals surface area contributed by atoms with E-state index >= 15 is 0 Å². The highest BCUT2D eigenvalue weighted by molar-refractivity contribution is 6.01. The number of carbonyl (C=O) groups excluding carboxylic acids is 1. The molecule has 0 atom stereocenters. The molecule has 1 aromatic rings. The summed E-state index contributed by atoms with van der Waals surface area (Å²) < 4.78 is 4.85. The molecule has 0 unspecified atom stereocenters. The fourth-order valence-corrected chi connectivity index (χ4v) is 0.931. The molecule has 0 saturated carbocycles. The number of hydrogen-bond donors (Lipinski definition) is 4. The van der Waals surface area contributed by atoms with E-state index in [4.69, 9.17) is 15.9 Å². The number of nitrogens with zero attached hydrogens (tertiary/aromatic N) is 1. The zero-order chi connectivity index (χ0) is 11.4. The second kappa shape index (κ2) is 4.45. The monoisotopic (exact) mass is 211 g/mol. The summed E-state index contributed by atoms with van der Waals surface area (Å²) in [5.41, 5.74) is 5.60. The molecule has 1 amide bonds. The van der Waals surface area contributed by atoms with E-state index in [1.54, 1.807) is 13.8 Å². The summed E-state index contributed by atoms with van der Waals surface area (Å²) in [7, 11) is 0. The first-order valence-electron chi connectivity index (χ1n) is 4.36. The first kappa shape index (κ1) is 11.0. The molecule has 0 aliphatic rings. The molecule has 0 saturated heterocycles. The zero-order valence-corrected chi connectivity index (χ0v) is 8.50. The van der Waals surface area contributed by atoms with Crippen LogP contribution in [0.2, 0.25) is 0 Å². The maximum atomic E-state index is 11.2. The van der Waals surface area contributed by atoms with Crippen molar-refractivity contribution in [2.75, 3.05) is 5.32 Å². The molecule has 0 spiro atoms. The van der Waals surface area contributed by atoms with Gasteiger partial charge in [-0.3, -0.25) is 15.8 Å². The number of rotatable bonds is 3. The van der Waals surface area contributed by atoms with Gasteiger partial charge in [-0.05, 0) is 13.8 Å². The maximum Gasteiger partial charge on any atom is 0.413 e. The van der Waals surface area contributed by atoms with Crippen LogP contribution in [0, 0.1) is 5.41 Å². The summed E-state index contributed by atoms with van der Waals surface area (Å²) in [6.07, 6.45) is 0.526. The molecule has 82 valence electrons. The fourth-order valence-electron chi connectivity index (χ4n) is 0.931. The molecule has 0 aliphatic carbocycles. The minimum absolute atomic E-state index is 0.177. The number of anilines is 1. The van der Waals surface area contributed by atoms with Crippen LogP contribution in [0.5, 0.6) is 0 Å². The minimum atomic E-state index is -0.614. The summed E-state index contributed by atoms with van der Waals surface area (Å²) in [5, 5.41) is 15.8. The molecule has 5 N–H and O–H groups in total. The lowest BCUT2D eigenvalue weighted by molar-refractivity contribution is 0.130. The van der Waals surface area contributed by atoms with Crippen molar-refractivity contribution in [3.05, 3.63) is 11.8 Å². The molecule has 7 heteroatoms. The summed E-state index contributed by atoms with van der Waals surface area (Å²) in [4.78, 5) is 11.2. The Morgan fingerprint density at radius 1 is 1.73 bits per heavy atom. The molecular formula is C8H13N5O2. The predicted molar refractivity (Wildman–Crippen MR) is 54.8 cm³/mol. The maximum absolute atomic E-state index is 11.2. The number of H-pyrrole nitrogens is 1. The van der Waals surface area contributed by atoms with Gasteiger partial charge in [0.05, 0.1) is 17.9 Å². The van der Waals surface area contributed by atoms with Crippen LogP contribution in [0.1, 0.15) is 19.4 Å². The number of amides is 1. The van der Waals surface area contributed by atoms with Crippen LogP contribution in [0.15, 0.2) is 6.20 Å². The van der Waals surface area contributed by atoms with E-state index in [0.29, 0.717) is 5.56 Å². The largest absolute Gasteiger partial charge is 0.447 e. The SMILES string of the molecule is CC(C)OC(=O)Nc1[nH]ncc1C(=N)N. The minimum Gasteiger partial charge on any atom is -0.447 e. The van der Waals surface area contributed by atoms with Crippen molar-refractivity contribution in [1.82, 2.24) is 10.2 Å². The number of nitrogens with one attached hydrogen (secondary N) is 3. The molecule has 0 radical (unpaired) electrons. The standard InChI is InChI=1S/C8H13N5O2/c1-4(2)15-8(14)12-7-5(6(9)10)3-11-13-7/h3-4H,1-2H3,(H3,9,10)(H2,11,12,13,14). The Morgan fingerprint density at radius 3 is 2.93 bits per heavy atom. The summed E-state index contributed by atoms with van der Waals surface area (Å²) >= 11 is 0. The number of nitrogen functional groups attached to an aromatic ring is 1. The van der Waals surface area contributed by atoms with Crippen LogP contribution in [0.4, 0.5) is 10.6 Å². The molecule has 0 aromatic carbocycles. The molecule has 0 fully saturated rings. The van der Waals surface area contributed by atoms with Gasteiger partial charge in [0.1, 0.15) is 11.7 Å². The topological polar surface area (TPSA) is 117 Å². The number of aromatic nitrogens is 2. The highest BCUT2D eigenvalue weighted by Crippen LogP contribution is 2.10. The van der Waals surface area contributed by atoms with Crippen molar-refractivity contribution < 1.29 is 9.53 Å². The van der Waals surface area contributed by atoms with Crippen LogP contribution >= 0.6 is 0 Å². The van der Waals surface area contributed by atoms with Crippen LogP contribution in [0.25, 0.3) is 0 Å². The van der Waals surface area contributed by atoms with E-state index in [1.807, 2.05) is 0 Å². The van der Waals surface area contributed by atoms with Crippen molar-refractivity contribution in [3.63, 3.8) is 0 Å². The average Bonchev–Trinajstić information content (AvgIpc) is 2.50. The second-order valence-corrected chi connectivity index (χ2v) is 3.15. The fraction of sp³-hybridized carbons (Fsp3) is 0.375. The highest BCUT2D eigenvalue weighted by atomic mass is 16.6. The van der Waals surface area contributed by atoms with Crippen LogP contribution in [-0.4, -0.2) is 28.2 Å². The van der Waals surface area contributed by atoms with E-state index in [0.717, 1.165) is 0 Å². The van der Waals surface area contributed by atoms with Crippen molar-refractivity contribution in [2.45, 2.75) is 20.0 Å². The average molecular weight is 211 g/mol. The predicted octanol–water partition coefficient (Wildman–Crippen LogP) is 0.651. The third-order valence-electron chi connectivity index (χ3n) is 1.50. The van der Waals surface area contributed by atoms with Gasteiger partial charge in [0.25, 0.3) is 0 Å². The van der Waals surface area contributed by atoms with Gasteiger partial charge in [-0.1, -0.05) is 0 Å². The molecule has 1 aromatic heterocycles. The van der Waals surface area contributed by atoms with E-state index in [1.165, 1.54) is 6.20 Å². The van der Waals surface area contributed by atoms with Crippen molar-refractivity contribution in [1.29, 1.82) is 5.41 Å². The van der Waals surface area contributed by atoms with Gasteiger partial charge in [0.2, 0.25) is 0 Å². The number of nitrogens with two attached hydrogens (primary N) is 1. The van der Waals surface area contributed by atoms with Crippen molar-refractivity contribution in [2.24, 2.45) is 5.73 Å². The molecule has 0 aliphatic heterocycles. The Balaban J connectivity index is 2.68. The van der Waals surface area contributed by atoms with Crippen molar-refractivity contribution in [3.8, 4) is 0 Å². The van der Waals surface area contributed by atoms with E-state index in [-0.39, 0.29) is 17.8 Å². The van der Waals surface area contributed by atoms with Gasteiger partial charge in [-0.25, -0.2) is 4.79 Å². The lowest BCUT2D eigenvalue weighted by Crippen LogP contribution is -2.20. The first-order chi connectivity index (χ1) is 7.00. The summed E-state index contributed by atoms with van der Waals surface area (Å²) in [6, 6.07) is 0. The highest BCUT2D eigenvalue weighted by Gasteiger charge is 2.12. The molecule has 1 heterocycles. The quantitative estimate of drug-likeness (QED) is 0.433. The van der Waals surface area contributed by atoms with Gasteiger partial charge in [0, 0.05) is 0 Å². The number of amidine groups is 1. The lowest BCUT2D eigenvalue weighted by atomic mass is 10.3. The molecule has 0 bridgehead atoms. The van der Waals surface area contributed by atoms with E-state index in [2.05, 4.69) is 15.5 Å². The van der Waals surface area contributed by atoms with Crippen LogP contribution in [0.3, 0.4) is 0 Å². The second-order valence-electron chi connectivity index (χ2n) is 3.15. The molecule has 15 heavy (non-hydrogen) atoms. The van der Waals surface area contributed by atoms with Gasteiger partial charge in [-0.2, -0.15) is 5.10 Å². The Morgan fingerprint density at radius 2 is 2.40 bits per heavy atom. The number of aromatic amines is 1.